The summed E-state index contributed by atoms with van der Waals surface area (Å²) in [6.07, 6.45) is 4.76. The van der Waals surface area contributed by atoms with Crippen LogP contribution in [0.15, 0.2) is 36.7 Å². The highest BCUT2D eigenvalue weighted by Crippen LogP contribution is 2.24. The van der Waals surface area contributed by atoms with Gasteiger partial charge in [-0.3, -0.25) is 9.78 Å². The third-order valence-corrected chi connectivity index (χ3v) is 3.85. The van der Waals surface area contributed by atoms with E-state index in [2.05, 4.69) is 15.3 Å². The number of nitrogens with two attached hydrogens (primary N) is 1. The number of piperidine rings is 1. The van der Waals surface area contributed by atoms with E-state index in [4.69, 9.17) is 5.73 Å². The van der Waals surface area contributed by atoms with Gasteiger partial charge in [0.1, 0.15) is 17.3 Å². The zero-order valence-corrected chi connectivity index (χ0v) is 12.6. The molecule has 1 atom stereocenters. The van der Waals surface area contributed by atoms with E-state index in [1.807, 2.05) is 11.0 Å². The van der Waals surface area contributed by atoms with Crippen LogP contribution in [0.4, 0.5) is 15.9 Å². The Hall–Kier alpha value is -2.70. The van der Waals surface area contributed by atoms with E-state index in [1.54, 1.807) is 18.3 Å². The second kappa shape index (κ2) is 6.60. The fourth-order valence-corrected chi connectivity index (χ4v) is 2.79. The summed E-state index contributed by atoms with van der Waals surface area (Å²) >= 11 is 0. The lowest BCUT2D eigenvalue weighted by molar-refractivity contribution is 0.0995. The number of benzene rings is 1. The minimum Gasteiger partial charge on any atom is -0.367 e. The van der Waals surface area contributed by atoms with Gasteiger partial charge in [0.2, 0.25) is 0 Å². The van der Waals surface area contributed by atoms with Gasteiger partial charge < -0.3 is 16.0 Å². The number of amides is 1. The molecule has 0 radical (unpaired) electrons. The van der Waals surface area contributed by atoms with Crippen LogP contribution in [0, 0.1) is 5.82 Å². The van der Waals surface area contributed by atoms with Crippen LogP contribution in [-0.4, -0.2) is 35.0 Å². The number of hydrogen-bond donors (Lipinski definition) is 2. The van der Waals surface area contributed by atoms with Crippen molar-refractivity contribution in [2.24, 2.45) is 5.73 Å². The first kappa shape index (κ1) is 15.2. The zero-order valence-electron chi connectivity index (χ0n) is 12.6. The average molecular weight is 315 g/mol. The molecular formula is C16H18FN5O. The SMILES string of the molecule is NC(=O)c1cncc(NC2CCCN(c3ccccc3F)C2)n1. The van der Waals surface area contributed by atoms with Crippen LogP contribution in [0.25, 0.3) is 0 Å². The van der Waals surface area contributed by atoms with Crippen molar-refractivity contribution in [3.63, 3.8) is 0 Å². The Morgan fingerprint density at radius 3 is 2.96 bits per heavy atom. The van der Waals surface area contributed by atoms with E-state index in [0.29, 0.717) is 18.1 Å². The summed E-state index contributed by atoms with van der Waals surface area (Å²) in [4.78, 5) is 21.3. The van der Waals surface area contributed by atoms with Crippen LogP contribution in [-0.2, 0) is 0 Å². The molecule has 1 aromatic heterocycles. The molecule has 1 amide bonds. The predicted octanol–water partition coefficient (Wildman–Crippen LogP) is 1.80. The lowest BCUT2D eigenvalue weighted by Gasteiger charge is -2.35. The Morgan fingerprint density at radius 2 is 2.17 bits per heavy atom. The van der Waals surface area contributed by atoms with Gasteiger partial charge in [0.15, 0.2) is 0 Å². The minimum atomic E-state index is -0.613. The highest BCUT2D eigenvalue weighted by Gasteiger charge is 2.22. The number of anilines is 2. The molecule has 3 rings (SSSR count). The summed E-state index contributed by atoms with van der Waals surface area (Å²) in [6, 6.07) is 6.86. The molecule has 0 spiro atoms. The molecule has 0 bridgehead atoms. The van der Waals surface area contributed by atoms with Gasteiger partial charge in [-0.2, -0.15) is 0 Å². The summed E-state index contributed by atoms with van der Waals surface area (Å²) < 4.78 is 13.9. The maximum absolute atomic E-state index is 13.9. The van der Waals surface area contributed by atoms with Gasteiger partial charge in [0, 0.05) is 19.1 Å². The van der Waals surface area contributed by atoms with Crippen molar-refractivity contribution in [2.45, 2.75) is 18.9 Å². The summed E-state index contributed by atoms with van der Waals surface area (Å²) in [5, 5.41) is 3.25. The standard InChI is InChI=1S/C16H18FN5O/c17-12-5-1-2-6-14(12)22-7-3-4-11(10-22)20-15-9-19-8-13(21-15)16(18)23/h1-2,5-6,8-9,11H,3-4,7,10H2,(H2,18,23)(H,20,21). The number of carbonyl (C=O) groups excluding carboxylic acids is 1. The Labute approximate surface area is 133 Å². The van der Waals surface area contributed by atoms with E-state index < -0.39 is 5.91 Å². The topological polar surface area (TPSA) is 84.1 Å². The minimum absolute atomic E-state index is 0.0979. The largest absolute Gasteiger partial charge is 0.367 e. The molecule has 1 fully saturated rings. The molecule has 1 unspecified atom stereocenters. The molecule has 3 N–H and O–H groups in total. The summed E-state index contributed by atoms with van der Waals surface area (Å²) in [6.45, 7) is 1.47. The Balaban J connectivity index is 1.71. The second-order valence-electron chi connectivity index (χ2n) is 5.53. The first-order valence-electron chi connectivity index (χ1n) is 7.51. The molecular weight excluding hydrogens is 297 g/mol. The molecule has 2 aromatic rings. The quantitative estimate of drug-likeness (QED) is 0.899. The smallest absolute Gasteiger partial charge is 0.268 e. The highest BCUT2D eigenvalue weighted by atomic mass is 19.1. The number of primary amides is 1. The van der Waals surface area contributed by atoms with Crippen LogP contribution in [0.2, 0.25) is 0 Å². The number of nitrogens with zero attached hydrogens (tertiary/aromatic N) is 3. The molecule has 1 aliphatic rings. The Morgan fingerprint density at radius 1 is 1.35 bits per heavy atom. The average Bonchev–Trinajstić information content (AvgIpc) is 2.56. The van der Waals surface area contributed by atoms with Gasteiger partial charge in [0.25, 0.3) is 5.91 Å². The maximum atomic E-state index is 13.9. The van der Waals surface area contributed by atoms with Crippen LogP contribution in [0.3, 0.4) is 0 Å². The fraction of sp³-hybridized carbons (Fsp3) is 0.312. The summed E-state index contributed by atoms with van der Waals surface area (Å²) in [5.74, 6) is -0.330. The van der Waals surface area contributed by atoms with Crippen molar-refractivity contribution >= 4 is 17.4 Å². The predicted molar refractivity (Wildman–Crippen MR) is 85.8 cm³/mol. The number of para-hydroxylation sites is 1. The van der Waals surface area contributed by atoms with Crippen LogP contribution >= 0.6 is 0 Å². The maximum Gasteiger partial charge on any atom is 0.268 e. The third kappa shape index (κ3) is 3.56. The molecule has 2 heterocycles. The van der Waals surface area contributed by atoms with E-state index >= 15 is 0 Å². The van der Waals surface area contributed by atoms with Gasteiger partial charge >= 0.3 is 0 Å². The molecule has 6 nitrogen and oxygen atoms in total. The zero-order chi connectivity index (χ0) is 16.2. The van der Waals surface area contributed by atoms with Gasteiger partial charge in [-0.05, 0) is 25.0 Å². The molecule has 1 saturated heterocycles. The molecule has 1 aliphatic heterocycles. The normalized spacial score (nSPS) is 17.8. The van der Waals surface area contributed by atoms with Gasteiger partial charge in [0.05, 0.1) is 18.1 Å². The van der Waals surface area contributed by atoms with Crippen molar-refractivity contribution in [2.75, 3.05) is 23.3 Å². The van der Waals surface area contributed by atoms with Gasteiger partial charge in [-0.1, -0.05) is 12.1 Å². The third-order valence-electron chi connectivity index (χ3n) is 3.85. The van der Waals surface area contributed by atoms with Crippen molar-refractivity contribution in [1.29, 1.82) is 0 Å². The summed E-state index contributed by atoms with van der Waals surface area (Å²) in [7, 11) is 0. The van der Waals surface area contributed by atoms with E-state index in [0.717, 1.165) is 19.4 Å². The highest BCUT2D eigenvalue weighted by molar-refractivity contribution is 5.90. The Bertz CT molecular complexity index is 708. The van der Waals surface area contributed by atoms with Crippen LogP contribution in [0.5, 0.6) is 0 Å². The molecule has 23 heavy (non-hydrogen) atoms. The lowest BCUT2D eigenvalue weighted by Crippen LogP contribution is -2.42. The molecule has 1 aromatic carbocycles. The Kier molecular flexibility index (Phi) is 4.36. The fourth-order valence-electron chi connectivity index (χ4n) is 2.79. The van der Waals surface area contributed by atoms with Gasteiger partial charge in [-0.15, -0.1) is 0 Å². The van der Waals surface area contributed by atoms with Crippen molar-refractivity contribution < 1.29 is 9.18 Å². The number of aromatic nitrogens is 2. The number of hydrogen-bond acceptors (Lipinski definition) is 5. The molecule has 0 aliphatic carbocycles. The first-order chi connectivity index (χ1) is 11.1. The van der Waals surface area contributed by atoms with Gasteiger partial charge in [-0.25, -0.2) is 9.37 Å². The monoisotopic (exact) mass is 315 g/mol. The van der Waals surface area contributed by atoms with E-state index in [-0.39, 0.29) is 17.6 Å². The molecule has 120 valence electrons. The van der Waals surface area contributed by atoms with Crippen LogP contribution in [0.1, 0.15) is 23.3 Å². The first-order valence-corrected chi connectivity index (χ1v) is 7.51. The number of halogens is 1. The van der Waals surface area contributed by atoms with E-state index in [9.17, 15) is 9.18 Å². The number of nitrogens with one attached hydrogen (secondary N) is 1. The molecule has 0 saturated carbocycles. The molecule has 7 heteroatoms. The van der Waals surface area contributed by atoms with Crippen molar-refractivity contribution in [3.8, 4) is 0 Å². The van der Waals surface area contributed by atoms with E-state index in [1.165, 1.54) is 12.3 Å². The van der Waals surface area contributed by atoms with Crippen molar-refractivity contribution in [1.82, 2.24) is 9.97 Å². The summed E-state index contributed by atoms with van der Waals surface area (Å²) in [5.41, 5.74) is 5.94. The van der Waals surface area contributed by atoms with Crippen LogP contribution < -0.4 is 16.0 Å². The number of carbonyl (C=O) groups is 1. The lowest BCUT2D eigenvalue weighted by atomic mass is 10.0. The number of rotatable bonds is 4. The van der Waals surface area contributed by atoms with Crippen molar-refractivity contribution in [3.05, 3.63) is 48.2 Å². The second-order valence-corrected chi connectivity index (χ2v) is 5.53.